The summed E-state index contributed by atoms with van der Waals surface area (Å²) in [4.78, 5) is 2.61. The number of rotatable bonds is 8. The van der Waals surface area contributed by atoms with E-state index in [9.17, 15) is 0 Å². The van der Waals surface area contributed by atoms with Crippen molar-refractivity contribution in [3.8, 4) is 0 Å². The van der Waals surface area contributed by atoms with Gasteiger partial charge in [0.15, 0.2) is 0 Å². The molecule has 1 unspecified atom stereocenters. The molecule has 0 saturated heterocycles. The Labute approximate surface area is 115 Å². The van der Waals surface area contributed by atoms with Crippen molar-refractivity contribution in [3.63, 3.8) is 0 Å². The molecule has 1 nitrogen and oxygen atoms in total. The summed E-state index contributed by atoms with van der Waals surface area (Å²) in [5, 5.41) is 0. The normalized spacial score (nSPS) is 14.6. The monoisotopic (exact) mass is 259 g/mol. The standard InChI is InChI=1S/C15H33NS/c1-7-13(8-2)10-16(9-3)11-14(12-17)15(4,5)6/h13-14,17H,7-12H2,1-6H3. The molecule has 0 N–H and O–H groups in total. The van der Waals surface area contributed by atoms with Crippen molar-refractivity contribution in [3.05, 3.63) is 0 Å². The van der Waals surface area contributed by atoms with E-state index in [-0.39, 0.29) is 0 Å². The Balaban J connectivity index is 4.37. The highest BCUT2D eigenvalue weighted by atomic mass is 32.1. The molecular formula is C15H33NS. The molecule has 0 fully saturated rings. The van der Waals surface area contributed by atoms with E-state index >= 15 is 0 Å². The molecule has 0 aliphatic rings. The first-order valence-electron chi connectivity index (χ1n) is 7.22. The van der Waals surface area contributed by atoms with Crippen molar-refractivity contribution in [2.75, 3.05) is 25.4 Å². The van der Waals surface area contributed by atoms with Gasteiger partial charge in [-0.15, -0.1) is 0 Å². The summed E-state index contributed by atoms with van der Waals surface area (Å²) < 4.78 is 0. The molecule has 0 aromatic heterocycles. The van der Waals surface area contributed by atoms with Crippen molar-refractivity contribution < 1.29 is 0 Å². The molecular weight excluding hydrogens is 226 g/mol. The van der Waals surface area contributed by atoms with Crippen LogP contribution in [0.2, 0.25) is 0 Å². The van der Waals surface area contributed by atoms with Crippen molar-refractivity contribution in [2.45, 2.75) is 54.4 Å². The van der Waals surface area contributed by atoms with Crippen LogP contribution in [0.5, 0.6) is 0 Å². The topological polar surface area (TPSA) is 3.24 Å². The van der Waals surface area contributed by atoms with E-state index in [0.717, 1.165) is 18.2 Å². The van der Waals surface area contributed by atoms with Crippen LogP contribution in [0.4, 0.5) is 0 Å². The number of hydrogen-bond donors (Lipinski definition) is 1. The number of thiol groups is 1. The van der Waals surface area contributed by atoms with Gasteiger partial charge in [-0.2, -0.15) is 12.6 Å². The van der Waals surface area contributed by atoms with Gasteiger partial charge >= 0.3 is 0 Å². The van der Waals surface area contributed by atoms with E-state index < -0.39 is 0 Å². The minimum atomic E-state index is 0.364. The lowest BCUT2D eigenvalue weighted by Crippen LogP contribution is -2.38. The first-order chi connectivity index (χ1) is 7.88. The molecule has 17 heavy (non-hydrogen) atoms. The highest BCUT2D eigenvalue weighted by Gasteiger charge is 2.25. The van der Waals surface area contributed by atoms with Gasteiger partial charge in [0.05, 0.1) is 0 Å². The van der Waals surface area contributed by atoms with Crippen molar-refractivity contribution in [2.24, 2.45) is 17.3 Å². The van der Waals surface area contributed by atoms with Gasteiger partial charge in [-0.25, -0.2) is 0 Å². The van der Waals surface area contributed by atoms with Crippen LogP contribution in [0.15, 0.2) is 0 Å². The summed E-state index contributed by atoms with van der Waals surface area (Å²) in [6.07, 6.45) is 2.60. The Morgan fingerprint density at radius 3 is 1.82 bits per heavy atom. The van der Waals surface area contributed by atoms with E-state index in [1.165, 1.54) is 25.9 Å². The molecule has 2 heteroatoms. The van der Waals surface area contributed by atoms with Gasteiger partial charge in [-0.3, -0.25) is 0 Å². The van der Waals surface area contributed by atoms with Crippen molar-refractivity contribution >= 4 is 12.6 Å². The molecule has 0 radical (unpaired) electrons. The third-order valence-electron chi connectivity index (χ3n) is 4.04. The fourth-order valence-electron chi connectivity index (χ4n) is 2.16. The number of nitrogens with zero attached hydrogens (tertiary/aromatic N) is 1. The number of hydrogen-bond acceptors (Lipinski definition) is 2. The van der Waals surface area contributed by atoms with Crippen LogP contribution in [-0.2, 0) is 0 Å². The molecule has 0 aliphatic carbocycles. The van der Waals surface area contributed by atoms with E-state index in [1.54, 1.807) is 0 Å². The Morgan fingerprint density at radius 1 is 1.00 bits per heavy atom. The quantitative estimate of drug-likeness (QED) is 0.635. The Bertz CT molecular complexity index is 182. The lowest BCUT2D eigenvalue weighted by molar-refractivity contribution is 0.150. The predicted molar refractivity (Wildman–Crippen MR) is 83.0 cm³/mol. The minimum absolute atomic E-state index is 0.364. The predicted octanol–water partition coefficient (Wildman–Crippen LogP) is 4.34. The van der Waals surface area contributed by atoms with Gasteiger partial charge in [-0.05, 0) is 29.5 Å². The molecule has 0 amide bonds. The third kappa shape index (κ3) is 6.71. The molecule has 0 bridgehead atoms. The lowest BCUT2D eigenvalue weighted by Gasteiger charge is -2.35. The lowest BCUT2D eigenvalue weighted by atomic mass is 9.81. The van der Waals surface area contributed by atoms with Crippen molar-refractivity contribution in [1.29, 1.82) is 0 Å². The maximum atomic E-state index is 4.53. The van der Waals surface area contributed by atoms with Gasteiger partial charge in [0, 0.05) is 13.1 Å². The average molecular weight is 260 g/mol. The molecule has 0 aromatic carbocycles. The zero-order valence-electron chi connectivity index (χ0n) is 12.8. The second kappa shape index (κ2) is 8.42. The second-order valence-corrected chi connectivity index (χ2v) is 6.65. The Kier molecular flexibility index (Phi) is 8.57. The van der Waals surface area contributed by atoms with E-state index in [4.69, 9.17) is 0 Å². The smallest absolute Gasteiger partial charge is 0.00225 e. The SMILES string of the molecule is CCC(CC)CN(CC)CC(CS)C(C)(C)C. The van der Waals surface area contributed by atoms with E-state index in [0.29, 0.717) is 11.3 Å². The van der Waals surface area contributed by atoms with Gasteiger partial charge in [0.2, 0.25) is 0 Å². The fraction of sp³-hybridized carbons (Fsp3) is 1.00. The maximum absolute atomic E-state index is 4.53. The van der Waals surface area contributed by atoms with Crippen LogP contribution in [0.25, 0.3) is 0 Å². The summed E-state index contributed by atoms with van der Waals surface area (Å²) in [6.45, 7) is 17.5. The summed E-state index contributed by atoms with van der Waals surface area (Å²) in [7, 11) is 0. The van der Waals surface area contributed by atoms with E-state index in [1.807, 2.05) is 0 Å². The van der Waals surface area contributed by atoms with E-state index in [2.05, 4.69) is 59.1 Å². The first-order valence-corrected chi connectivity index (χ1v) is 7.85. The third-order valence-corrected chi connectivity index (χ3v) is 4.48. The zero-order chi connectivity index (χ0) is 13.5. The second-order valence-electron chi connectivity index (χ2n) is 6.28. The highest BCUT2D eigenvalue weighted by Crippen LogP contribution is 2.28. The van der Waals surface area contributed by atoms with Gasteiger partial charge in [0.25, 0.3) is 0 Å². The highest BCUT2D eigenvalue weighted by molar-refractivity contribution is 7.80. The van der Waals surface area contributed by atoms with Crippen molar-refractivity contribution in [1.82, 2.24) is 4.90 Å². The molecule has 0 heterocycles. The van der Waals surface area contributed by atoms with Gasteiger partial charge < -0.3 is 4.90 Å². The molecule has 104 valence electrons. The Hall–Kier alpha value is 0.310. The molecule has 1 atom stereocenters. The molecule has 0 rings (SSSR count). The van der Waals surface area contributed by atoms with Crippen LogP contribution in [0.1, 0.15) is 54.4 Å². The molecule has 0 spiro atoms. The van der Waals surface area contributed by atoms with Crippen LogP contribution in [-0.4, -0.2) is 30.3 Å². The molecule has 0 aromatic rings. The largest absolute Gasteiger partial charge is 0.303 e. The first kappa shape index (κ1) is 17.3. The van der Waals surface area contributed by atoms with Crippen LogP contribution in [0.3, 0.4) is 0 Å². The summed E-state index contributed by atoms with van der Waals surface area (Å²) in [5.74, 6) is 2.53. The van der Waals surface area contributed by atoms with Crippen LogP contribution in [0, 0.1) is 17.3 Å². The van der Waals surface area contributed by atoms with Gasteiger partial charge in [-0.1, -0.05) is 54.4 Å². The molecule has 0 aliphatic heterocycles. The van der Waals surface area contributed by atoms with Crippen LogP contribution < -0.4 is 0 Å². The van der Waals surface area contributed by atoms with Crippen LogP contribution >= 0.6 is 12.6 Å². The fourth-order valence-corrected chi connectivity index (χ4v) is 2.83. The summed E-state index contributed by atoms with van der Waals surface area (Å²) in [5.41, 5.74) is 0.364. The zero-order valence-corrected chi connectivity index (χ0v) is 13.7. The average Bonchev–Trinajstić information content (AvgIpc) is 2.28. The summed E-state index contributed by atoms with van der Waals surface area (Å²) in [6, 6.07) is 0. The minimum Gasteiger partial charge on any atom is -0.303 e. The maximum Gasteiger partial charge on any atom is 0.00225 e. The molecule has 0 saturated carbocycles. The summed E-state index contributed by atoms with van der Waals surface area (Å²) >= 11 is 4.53. The Morgan fingerprint density at radius 2 is 1.53 bits per heavy atom. The van der Waals surface area contributed by atoms with Gasteiger partial charge in [0.1, 0.15) is 0 Å².